The Morgan fingerprint density at radius 3 is 2.52 bits per heavy atom. The van der Waals surface area contributed by atoms with E-state index in [1.54, 1.807) is 7.11 Å². The maximum atomic E-state index is 5.16. The highest BCUT2D eigenvalue weighted by atomic mass is 16.5. The van der Waals surface area contributed by atoms with E-state index in [0.29, 0.717) is 0 Å². The zero-order valence-corrected chi connectivity index (χ0v) is 13.8. The predicted octanol–water partition coefficient (Wildman–Crippen LogP) is 1.41. The van der Waals surface area contributed by atoms with Crippen molar-refractivity contribution in [3.63, 3.8) is 0 Å². The first kappa shape index (κ1) is 16.6. The van der Waals surface area contributed by atoms with Crippen molar-refractivity contribution in [1.29, 1.82) is 0 Å². The Morgan fingerprint density at radius 1 is 1.19 bits per heavy atom. The normalized spacial score (nSPS) is 22.0. The van der Waals surface area contributed by atoms with Gasteiger partial charge in [-0.15, -0.1) is 0 Å². The molecule has 0 atom stereocenters. The number of ether oxygens (including phenoxy) is 1. The third-order valence-electron chi connectivity index (χ3n) is 4.56. The van der Waals surface area contributed by atoms with E-state index in [0.717, 1.165) is 38.1 Å². The number of hydrogen-bond donors (Lipinski definition) is 1. The second-order valence-electron chi connectivity index (χ2n) is 6.17. The fourth-order valence-corrected chi connectivity index (χ4v) is 3.18. The molecular weight excluding hydrogens is 264 g/mol. The molecule has 0 aliphatic carbocycles. The Balaban J connectivity index is 1.74. The number of nitrogens with one attached hydrogen (secondary N) is 1. The molecule has 0 unspecified atom stereocenters. The fourth-order valence-electron chi connectivity index (χ4n) is 3.18. The fraction of sp³-hybridized carbons (Fsp3) is 0.938. The monoisotopic (exact) mass is 296 g/mol. The molecule has 2 fully saturated rings. The molecular formula is C16H32N4O. The molecule has 1 N–H and O–H groups in total. The van der Waals surface area contributed by atoms with Crippen LogP contribution in [0.5, 0.6) is 0 Å². The SMILES string of the molecule is CCNC(=NCC1CCN(CCOC)CC1)N1CCCC1. The Labute approximate surface area is 129 Å². The minimum atomic E-state index is 0.750. The van der Waals surface area contributed by atoms with Crippen LogP contribution in [-0.2, 0) is 4.74 Å². The van der Waals surface area contributed by atoms with E-state index in [2.05, 4.69) is 22.0 Å². The lowest BCUT2D eigenvalue weighted by Gasteiger charge is -2.31. The van der Waals surface area contributed by atoms with Gasteiger partial charge in [0.1, 0.15) is 0 Å². The Hall–Kier alpha value is -0.810. The molecule has 2 saturated heterocycles. The van der Waals surface area contributed by atoms with E-state index in [1.165, 1.54) is 51.9 Å². The van der Waals surface area contributed by atoms with Gasteiger partial charge in [-0.1, -0.05) is 0 Å². The van der Waals surface area contributed by atoms with E-state index < -0.39 is 0 Å². The molecule has 5 nitrogen and oxygen atoms in total. The third-order valence-corrected chi connectivity index (χ3v) is 4.56. The molecule has 0 saturated carbocycles. The van der Waals surface area contributed by atoms with Crippen LogP contribution in [0.2, 0.25) is 0 Å². The number of likely N-dealkylation sites (tertiary alicyclic amines) is 2. The van der Waals surface area contributed by atoms with Gasteiger partial charge in [0.15, 0.2) is 5.96 Å². The van der Waals surface area contributed by atoms with Crippen LogP contribution in [-0.4, -0.2) is 75.3 Å². The molecule has 0 aromatic heterocycles. The lowest BCUT2D eigenvalue weighted by molar-refractivity contribution is 0.121. The van der Waals surface area contributed by atoms with Gasteiger partial charge in [-0.05, 0) is 51.6 Å². The molecule has 2 heterocycles. The van der Waals surface area contributed by atoms with Crippen LogP contribution in [0.1, 0.15) is 32.6 Å². The summed E-state index contributed by atoms with van der Waals surface area (Å²) in [5.74, 6) is 1.89. The highest BCUT2D eigenvalue weighted by Crippen LogP contribution is 2.17. The molecule has 0 aromatic carbocycles. The third kappa shape index (κ3) is 5.47. The summed E-state index contributed by atoms with van der Waals surface area (Å²) in [5, 5.41) is 3.45. The number of aliphatic imine (C=N–C) groups is 1. The number of nitrogens with zero attached hydrogens (tertiary/aromatic N) is 3. The Morgan fingerprint density at radius 2 is 1.90 bits per heavy atom. The summed E-state index contributed by atoms with van der Waals surface area (Å²) >= 11 is 0. The van der Waals surface area contributed by atoms with E-state index in [9.17, 15) is 0 Å². The highest BCUT2D eigenvalue weighted by Gasteiger charge is 2.20. The largest absolute Gasteiger partial charge is 0.383 e. The number of hydrogen-bond acceptors (Lipinski definition) is 3. The van der Waals surface area contributed by atoms with Crippen molar-refractivity contribution in [3.8, 4) is 0 Å². The summed E-state index contributed by atoms with van der Waals surface area (Å²) in [5.41, 5.74) is 0. The molecule has 0 radical (unpaired) electrons. The first-order valence-electron chi connectivity index (χ1n) is 8.58. The second kappa shape index (κ2) is 9.26. The van der Waals surface area contributed by atoms with Gasteiger partial charge in [0, 0.05) is 39.8 Å². The summed E-state index contributed by atoms with van der Waals surface area (Å²) < 4.78 is 5.16. The molecule has 2 aliphatic heterocycles. The van der Waals surface area contributed by atoms with Crippen molar-refractivity contribution in [3.05, 3.63) is 0 Å². The average Bonchev–Trinajstić information content (AvgIpc) is 3.04. The van der Waals surface area contributed by atoms with E-state index >= 15 is 0 Å². The van der Waals surface area contributed by atoms with Crippen LogP contribution in [0.3, 0.4) is 0 Å². The Kier molecular flexibility index (Phi) is 7.30. The molecule has 21 heavy (non-hydrogen) atoms. The maximum absolute atomic E-state index is 5.16. The standard InChI is InChI=1S/C16H32N4O/c1-3-17-16(20-8-4-5-9-20)18-14-15-6-10-19(11-7-15)12-13-21-2/h15H,3-14H2,1-2H3,(H,17,18). The molecule has 2 aliphatic rings. The van der Waals surface area contributed by atoms with Crippen LogP contribution < -0.4 is 5.32 Å². The van der Waals surface area contributed by atoms with Crippen molar-refractivity contribution in [2.45, 2.75) is 32.6 Å². The zero-order valence-electron chi connectivity index (χ0n) is 13.8. The molecule has 0 amide bonds. The zero-order chi connectivity index (χ0) is 14.9. The highest BCUT2D eigenvalue weighted by molar-refractivity contribution is 5.80. The van der Waals surface area contributed by atoms with Crippen molar-refractivity contribution >= 4 is 5.96 Å². The number of piperidine rings is 1. The second-order valence-corrected chi connectivity index (χ2v) is 6.17. The van der Waals surface area contributed by atoms with Crippen LogP contribution in [0.15, 0.2) is 4.99 Å². The van der Waals surface area contributed by atoms with Crippen molar-refractivity contribution in [2.24, 2.45) is 10.9 Å². The van der Waals surface area contributed by atoms with Crippen molar-refractivity contribution < 1.29 is 4.74 Å². The lowest BCUT2D eigenvalue weighted by atomic mass is 9.97. The van der Waals surface area contributed by atoms with Crippen LogP contribution in [0.4, 0.5) is 0 Å². The van der Waals surface area contributed by atoms with Crippen LogP contribution in [0.25, 0.3) is 0 Å². The first-order valence-corrected chi connectivity index (χ1v) is 8.58. The molecule has 0 bridgehead atoms. The molecule has 122 valence electrons. The minimum absolute atomic E-state index is 0.750. The average molecular weight is 296 g/mol. The van der Waals surface area contributed by atoms with Gasteiger partial charge in [-0.3, -0.25) is 4.99 Å². The van der Waals surface area contributed by atoms with Crippen LogP contribution in [0, 0.1) is 5.92 Å². The smallest absolute Gasteiger partial charge is 0.193 e. The molecule has 0 aromatic rings. The molecule has 2 rings (SSSR count). The topological polar surface area (TPSA) is 40.1 Å². The van der Waals surface area contributed by atoms with E-state index in [-0.39, 0.29) is 0 Å². The lowest BCUT2D eigenvalue weighted by Crippen LogP contribution is -2.40. The van der Waals surface area contributed by atoms with Crippen molar-refractivity contribution in [2.75, 3.05) is 59.5 Å². The van der Waals surface area contributed by atoms with Gasteiger partial charge in [0.2, 0.25) is 0 Å². The van der Waals surface area contributed by atoms with Gasteiger partial charge in [-0.25, -0.2) is 0 Å². The van der Waals surface area contributed by atoms with Gasteiger partial charge < -0.3 is 19.9 Å². The molecule has 5 heteroatoms. The van der Waals surface area contributed by atoms with Crippen molar-refractivity contribution in [1.82, 2.24) is 15.1 Å². The summed E-state index contributed by atoms with van der Waals surface area (Å²) in [4.78, 5) is 9.82. The van der Waals surface area contributed by atoms with Gasteiger partial charge in [-0.2, -0.15) is 0 Å². The predicted molar refractivity (Wildman–Crippen MR) is 87.8 cm³/mol. The summed E-state index contributed by atoms with van der Waals surface area (Å²) in [6.45, 7) is 10.8. The van der Waals surface area contributed by atoms with E-state index in [4.69, 9.17) is 9.73 Å². The Bertz CT molecular complexity index is 307. The number of methoxy groups -OCH3 is 1. The summed E-state index contributed by atoms with van der Waals surface area (Å²) in [6.07, 6.45) is 5.16. The molecule has 0 spiro atoms. The van der Waals surface area contributed by atoms with Gasteiger partial charge in [0.25, 0.3) is 0 Å². The first-order chi connectivity index (χ1) is 10.3. The number of rotatable bonds is 6. The van der Waals surface area contributed by atoms with Crippen LogP contribution >= 0.6 is 0 Å². The van der Waals surface area contributed by atoms with Gasteiger partial charge >= 0.3 is 0 Å². The summed E-state index contributed by atoms with van der Waals surface area (Å²) in [6, 6.07) is 0. The maximum Gasteiger partial charge on any atom is 0.193 e. The number of guanidine groups is 1. The van der Waals surface area contributed by atoms with E-state index in [1.807, 2.05) is 0 Å². The van der Waals surface area contributed by atoms with Gasteiger partial charge in [0.05, 0.1) is 6.61 Å². The quantitative estimate of drug-likeness (QED) is 0.594. The minimum Gasteiger partial charge on any atom is -0.383 e. The summed E-state index contributed by atoms with van der Waals surface area (Å²) in [7, 11) is 1.78.